The van der Waals surface area contributed by atoms with Crippen LogP contribution in [0.2, 0.25) is 0 Å². The molecule has 4 aromatic carbocycles. The molecule has 198 valence electrons. The van der Waals surface area contributed by atoms with Gasteiger partial charge >= 0.3 is 5.97 Å². The average molecular weight is 597 g/mol. The third kappa shape index (κ3) is 5.89. The van der Waals surface area contributed by atoms with Gasteiger partial charge in [-0.15, -0.1) is 0 Å². The number of carbonyl (C=O) groups is 2. The number of hydrogen-bond acceptors (Lipinski definition) is 7. The third-order valence-electron chi connectivity index (χ3n) is 6.20. The number of nitro groups is 1. The molecule has 0 bridgehead atoms. The van der Waals surface area contributed by atoms with E-state index in [1.807, 2.05) is 49.4 Å². The maximum atomic E-state index is 13.2. The molecule has 0 saturated heterocycles. The Morgan fingerprint density at radius 2 is 1.55 bits per heavy atom. The van der Waals surface area contributed by atoms with Crippen molar-refractivity contribution in [2.45, 2.75) is 6.92 Å². The lowest BCUT2D eigenvalue weighted by molar-refractivity contribution is -0.384. The second-order valence-electron chi connectivity index (χ2n) is 8.91. The number of carbonyl (C=O) groups excluding carboxylic acids is 2. The van der Waals surface area contributed by atoms with Crippen molar-refractivity contribution in [3.63, 3.8) is 0 Å². The number of Topliss-reactive ketones (excluding diaryl/α,β-unsaturated/α-hetero) is 1. The monoisotopic (exact) mass is 596 g/mol. The molecule has 0 amide bonds. The first-order valence-corrected chi connectivity index (χ1v) is 13.0. The van der Waals surface area contributed by atoms with Crippen LogP contribution in [0.3, 0.4) is 0 Å². The zero-order valence-electron chi connectivity index (χ0n) is 21.2. The van der Waals surface area contributed by atoms with Crippen LogP contribution in [-0.4, -0.2) is 28.3 Å². The standard InChI is InChI=1S/C31H21BrN2O6/c1-19-3-2-4-26-27(17-28(33-30(19)26)20-5-9-22(32)10-6-20)31(36)39-18-29(35)21-7-13-24(14-8-21)40-25-15-11-23(12-16-25)34(37)38/h2-17H,18H2,1H3. The molecule has 0 aliphatic heterocycles. The number of ketones is 1. The highest BCUT2D eigenvalue weighted by Crippen LogP contribution is 2.28. The Morgan fingerprint density at radius 1 is 0.900 bits per heavy atom. The van der Waals surface area contributed by atoms with Gasteiger partial charge in [-0.05, 0) is 67.1 Å². The molecular weight excluding hydrogens is 576 g/mol. The minimum absolute atomic E-state index is 0.0396. The number of para-hydroxylation sites is 1. The predicted molar refractivity (Wildman–Crippen MR) is 154 cm³/mol. The van der Waals surface area contributed by atoms with Gasteiger partial charge in [0.1, 0.15) is 11.5 Å². The highest BCUT2D eigenvalue weighted by Gasteiger charge is 2.18. The van der Waals surface area contributed by atoms with Crippen LogP contribution in [-0.2, 0) is 4.74 Å². The van der Waals surface area contributed by atoms with Gasteiger partial charge in [-0.25, -0.2) is 9.78 Å². The minimum Gasteiger partial charge on any atom is -0.457 e. The number of nitrogens with zero attached hydrogens (tertiary/aromatic N) is 2. The number of esters is 1. The van der Waals surface area contributed by atoms with Crippen molar-refractivity contribution in [1.82, 2.24) is 4.98 Å². The van der Waals surface area contributed by atoms with Crippen LogP contribution < -0.4 is 4.74 Å². The Bertz CT molecular complexity index is 1730. The lowest BCUT2D eigenvalue weighted by atomic mass is 10.0. The Hall–Kier alpha value is -4.89. The quantitative estimate of drug-likeness (QED) is 0.0780. The van der Waals surface area contributed by atoms with Crippen molar-refractivity contribution in [1.29, 1.82) is 0 Å². The molecule has 8 nitrogen and oxygen atoms in total. The number of rotatable bonds is 8. The molecule has 0 unspecified atom stereocenters. The first kappa shape index (κ1) is 26.7. The molecule has 1 aromatic heterocycles. The molecule has 1 heterocycles. The summed E-state index contributed by atoms with van der Waals surface area (Å²) in [6.45, 7) is 1.49. The van der Waals surface area contributed by atoms with Gasteiger partial charge in [0.2, 0.25) is 0 Å². The largest absolute Gasteiger partial charge is 0.457 e. The maximum absolute atomic E-state index is 13.2. The minimum atomic E-state index is -0.622. The van der Waals surface area contributed by atoms with Crippen molar-refractivity contribution in [2.75, 3.05) is 6.61 Å². The fourth-order valence-electron chi connectivity index (χ4n) is 4.10. The van der Waals surface area contributed by atoms with Gasteiger partial charge in [-0.1, -0.05) is 46.3 Å². The highest BCUT2D eigenvalue weighted by atomic mass is 79.9. The van der Waals surface area contributed by atoms with E-state index >= 15 is 0 Å². The molecule has 0 aliphatic carbocycles. The first-order valence-electron chi connectivity index (χ1n) is 12.2. The zero-order valence-corrected chi connectivity index (χ0v) is 22.8. The van der Waals surface area contributed by atoms with Crippen LogP contribution in [0, 0.1) is 17.0 Å². The number of hydrogen-bond donors (Lipinski definition) is 0. The van der Waals surface area contributed by atoms with Crippen LogP contribution in [0.25, 0.3) is 22.2 Å². The van der Waals surface area contributed by atoms with Crippen LogP contribution in [0.4, 0.5) is 5.69 Å². The van der Waals surface area contributed by atoms with E-state index in [1.165, 1.54) is 24.3 Å². The third-order valence-corrected chi connectivity index (χ3v) is 6.72. The van der Waals surface area contributed by atoms with E-state index in [4.69, 9.17) is 14.5 Å². The number of ether oxygens (including phenoxy) is 2. The van der Waals surface area contributed by atoms with Gasteiger partial charge in [0.15, 0.2) is 12.4 Å². The number of aromatic nitrogens is 1. The maximum Gasteiger partial charge on any atom is 0.339 e. The van der Waals surface area contributed by atoms with Crippen LogP contribution >= 0.6 is 15.9 Å². The molecule has 0 atom stereocenters. The van der Waals surface area contributed by atoms with Gasteiger partial charge in [-0.2, -0.15) is 0 Å². The fraction of sp³-hybridized carbons (Fsp3) is 0.0645. The summed E-state index contributed by atoms with van der Waals surface area (Å²) in [6.07, 6.45) is 0. The Balaban J connectivity index is 1.30. The summed E-state index contributed by atoms with van der Waals surface area (Å²) < 4.78 is 12.1. The molecular formula is C31H21BrN2O6. The van der Waals surface area contributed by atoms with Gasteiger partial charge in [-0.3, -0.25) is 14.9 Å². The number of aryl methyl sites for hydroxylation is 1. The summed E-state index contributed by atoms with van der Waals surface area (Å²) in [6, 6.07) is 26.9. The van der Waals surface area contributed by atoms with E-state index in [1.54, 1.807) is 30.3 Å². The van der Waals surface area contributed by atoms with E-state index in [2.05, 4.69) is 15.9 Å². The zero-order chi connectivity index (χ0) is 28.2. The Morgan fingerprint density at radius 3 is 2.20 bits per heavy atom. The number of benzene rings is 4. The summed E-state index contributed by atoms with van der Waals surface area (Å²) >= 11 is 3.43. The fourth-order valence-corrected chi connectivity index (χ4v) is 4.37. The van der Waals surface area contributed by atoms with Gasteiger partial charge < -0.3 is 9.47 Å². The van der Waals surface area contributed by atoms with Crippen molar-refractivity contribution < 1.29 is 24.0 Å². The number of nitro benzene ring substituents is 1. The van der Waals surface area contributed by atoms with E-state index in [0.717, 1.165) is 15.6 Å². The molecule has 0 aliphatic rings. The van der Waals surface area contributed by atoms with E-state index < -0.39 is 17.5 Å². The second-order valence-corrected chi connectivity index (χ2v) is 9.83. The van der Waals surface area contributed by atoms with Gasteiger partial charge in [0.25, 0.3) is 5.69 Å². The number of pyridine rings is 1. The second kappa shape index (κ2) is 11.5. The molecule has 9 heteroatoms. The van der Waals surface area contributed by atoms with Gasteiger partial charge in [0, 0.05) is 33.1 Å². The number of non-ortho nitro benzene ring substituents is 1. The van der Waals surface area contributed by atoms with E-state index in [9.17, 15) is 19.7 Å². The highest BCUT2D eigenvalue weighted by molar-refractivity contribution is 9.10. The normalized spacial score (nSPS) is 10.8. The molecule has 0 N–H and O–H groups in total. The van der Waals surface area contributed by atoms with Gasteiger partial charge in [0.05, 0.1) is 21.7 Å². The molecule has 40 heavy (non-hydrogen) atoms. The van der Waals surface area contributed by atoms with Crippen molar-refractivity contribution in [3.05, 3.63) is 128 Å². The summed E-state index contributed by atoms with van der Waals surface area (Å²) in [4.78, 5) is 41.1. The Kier molecular flexibility index (Phi) is 7.65. The predicted octanol–water partition coefficient (Wildman–Crippen LogP) is 7.71. The van der Waals surface area contributed by atoms with Crippen LogP contribution in [0.5, 0.6) is 11.5 Å². The van der Waals surface area contributed by atoms with Crippen molar-refractivity contribution >= 4 is 44.3 Å². The molecule has 0 radical (unpaired) electrons. The van der Waals surface area contributed by atoms with Crippen LogP contribution in [0.15, 0.2) is 102 Å². The topological polar surface area (TPSA) is 109 Å². The average Bonchev–Trinajstić information content (AvgIpc) is 2.96. The first-order chi connectivity index (χ1) is 19.3. The number of fused-ring (bicyclic) bond motifs is 1. The molecule has 5 aromatic rings. The molecule has 0 spiro atoms. The van der Waals surface area contributed by atoms with Crippen molar-refractivity contribution in [2.24, 2.45) is 0 Å². The molecule has 0 fully saturated rings. The lowest BCUT2D eigenvalue weighted by Crippen LogP contribution is -2.15. The Labute approximate surface area is 237 Å². The molecule has 0 saturated carbocycles. The van der Waals surface area contributed by atoms with E-state index in [0.29, 0.717) is 39.2 Å². The summed E-state index contributed by atoms with van der Waals surface area (Å²) in [5, 5.41) is 11.4. The van der Waals surface area contributed by atoms with Crippen LogP contribution in [0.1, 0.15) is 26.3 Å². The summed E-state index contributed by atoms with van der Waals surface area (Å²) in [5.41, 5.74) is 3.69. The summed E-state index contributed by atoms with van der Waals surface area (Å²) in [7, 11) is 0. The van der Waals surface area contributed by atoms with Crippen molar-refractivity contribution in [3.8, 4) is 22.8 Å². The van der Waals surface area contributed by atoms with E-state index in [-0.39, 0.29) is 11.5 Å². The number of halogens is 1. The summed E-state index contributed by atoms with van der Waals surface area (Å²) in [5.74, 6) is -0.136. The SMILES string of the molecule is Cc1cccc2c(C(=O)OCC(=O)c3ccc(Oc4ccc([N+](=O)[O-])cc4)cc3)cc(-c3ccc(Br)cc3)nc12. The molecule has 5 rings (SSSR count). The lowest BCUT2D eigenvalue weighted by Gasteiger charge is -2.12. The smallest absolute Gasteiger partial charge is 0.339 e.